The zero-order valence-electron chi connectivity index (χ0n) is 57.6. The maximum absolute atomic E-state index is 13.8. The summed E-state index contributed by atoms with van der Waals surface area (Å²) in [7, 11) is 6.22. The van der Waals surface area contributed by atoms with Crippen molar-refractivity contribution < 1.29 is 70.0 Å². The fraction of sp³-hybridized carbons (Fsp3) is 0.452. The highest BCUT2D eigenvalue weighted by atomic mass is 79.9. The number of Topliss-reactive ketones (excluding diaryl/α,β-unsaturated/α-hetero) is 1. The van der Waals surface area contributed by atoms with Crippen molar-refractivity contribution in [3.05, 3.63) is 176 Å². The van der Waals surface area contributed by atoms with Gasteiger partial charge in [0.15, 0.2) is 26.6 Å². The van der Waals surface area contributed by atoms with E-state index in [2.05, 4.69) is 79.6 Å². The van der Waals surface area contributed by atoms with Gasteiger partial charge in [0.1, 0.15) is 58.5 Å². The van der Waals surface area contributed by atoms with Crippen LogP contribution in [-0.4, -0.2) is 193 Å². The van der Waals surface area contributed by atoms with Crippen molar-refractivity contribution >= 4 is 137 Å². The van der Waals surface area contributed by atoms with E-state index in [0.29, 0.717) is 26.9 Å². The molecule has 0 radical (unpaired) electrons. The Morgan fingerprint density at radius 3 is 1.02 bits per heavy atom. The van der Waals surface area contributed by atoms with Crippen LogP contribution in [0.1, 0.15) is 146 Å². The number of piperidine rings is 5. The van der Waals surface area contributed by atoms with Crippen molar-refractivity contribution in [2.45, 2.75) is 129 Å². The van der Waals surface area contributed by atoms with E-state index >= 15 is 0 Å². The molecular weight excluding hydrogens is 1680 g/mol. The summed E-state index contributed by atoms with van der Waals surface area (Å²) in [6.45, 7) is 6.48. The van der Waals surface area contributed by atoms with Crippen LogP contribution in [-0.2, 0) is 39.6 Å². The minimum atomic E-state index is -4.72. The number of aliphatic hydroxyl groups is 4. The normalized spacial score (nSPS) is 17.4. The number of fused-ring (bicyclic) bond motifs is 2. The number of thiazole rings is 5. The number of aromatic nitrogens is 9. The number of likely N-dealkylation sites (tertiary alicyclic amines) is 5. The van der Waals surface area contributed by atoms with E-state index in [9.17, 15) is 61.2 Å². The molecule has 606 valence electrons. The Morgan fingerprint density at radius 1 is 0.477 bits per heavy atom. The number of ketones is 1. The molecule has 2 amide bonds. The van der Waals surface area contributed by atoms with Crippen molar-refractivity contribution in [1.82, 2.24) is 68.2 Å². The van der Waals surface area contributed by atoms with E-state index in [-0.39, 0.29) is 127 Å². The molecule has 16 heterocycles. The number of alkyl halides is 6. The third kappa shape index (κ3) is 22.7. The summed E-state index contributed by atoms with van der Waals surface area (Å²) in [4.78, 5) is 74.9. The Kier molecular flexibility index (Phi) is 33.7. The molecule has 11 aromatic heterocycles. The molecule has 0 bridgehead atoms. The molecule has 5 aliphatic heterocycles. The number of carbonyl (C=O) groups excluding carboxylic acids is 3. The van der Waals surface area contributed by atoms with E-state index in [1.54, 1.807) is 75.8 Å². The Hall–Kier alpha value is -6.65. The fourth-order valence-corrected chi connectivity index (χ4v) is 16.8. The van der Waals surface area contributed by atoms with Crippen LogP contribution in [0.3, 0.4) is 0 Å². The van der Waals surface area contributed by atoms with Gasteiger partial charge in [0, 0.05) is 197 Å². The first-order valence-corrected chi connectivity index (χ1v) is 39.2. The lowest BCUT2D eigenvalue weighted by molar-refractivity contribution is -0.137. The lowest BCUT2D eigenvalue weighted by atomic mass is 9.92. The van der Waals surface area contributed by atoms with Crippen molar-refractivity contribution in [3.8, 4) is 22.3 Å². The van der Waals surface area contributed by atoms with Gasteiger partial charge in [0.2, 0.25) is 0 Å². The van der Waals surface area contributed by atoms with Gasteiger partial charge >= 0.3 is 12.4 Å². The molecule has 111 heavy (non-hydrogen) atoms. The molecule has 5 fully saturated rings. The average molecular weight is 1770 g/mol. The quantitative estimate of drug-likeness (QED) is 0.103. The van der Waals surface area contributed by atoms with E-state index in [1.807, 2.05) is 23.2 Å². The minimum absolute atomic E-state index is 0. The molecular formula is C73H90BrCl3F6N14O9S5. The molecule has 5 saturated heterocycles. The van der Waals surface area contributed by atoms with Gasteiger partial charge in [-0.25, -0.2) is 34.9 Å². The maximum Gasteiger partial charge on any atom is 0.420 e. The fourth-order valence-electron chi connectivity index (χ4n) is 12.3. The Morgan fingerprint density at radius 2 is 0.775 bits per heavy atom. The number of halogens is 10. The second-order valence-corrected chi connectivity index (χ2v) is 32.5. The minimum Gasteiger partial charge on any atom is -0.472 e. The topological polar surface area (TPSA) is 274 Å². The lowest BCUT2D eigenvalue weighted by Gasteiger charge is -2.36. The van der Waals surface area contributed by atoms with Gasteiger partial charge in [0.25, 0.3) is 11.8 Å². The van der Waals surface area contributed by atoms with Gasteiger partial charge in [-0.05, 0) is 87.0 Å². The van der Waals surface area contributed by atoms with Crippen LogP contribution in [0.4, 0.5) is 26.3 Å². The van der Waals surface area contributed by atoms with E-state index in [1.165, 1.54) is 82.1 Å². The number of hydrogen-bond donors (Lipinski definition) is 4. The summed E-state index contributed by atoms with van der Waals surface area (Å²) in [6, 6.07) is 4.95. The number of pyridine rings is 2. The number of hydrogen-bond acceptors (Lipinski definition) is 24. The molecule has 5 aliphatic rings. The summed E-state index contributed by atoms with van der Waals surface area (Å²) in [5.41, 5.74) is -5.79. The Labute approximate surface area is 684 Å². The van der Waals surface area contributed by atoms with Crippen LogP contribution in [0.5, 0.6) is 0 Å². The van der Waals surface area contributed by atoms with Crippen LogP contribution >= 0.6 is 108 Å². The third-order valence-electron chi connectivity index (χ3n) is 18.7. The summed E-state index contributed by atoms with van der Waals surface area (Å²) < 4.78 is 95.9. The van der Waals surface area contributed by atoms with Gasteiger partial charge in [0.05, 0.1) is 36.2 Å². The summed E-state index contributed by atoms with van der Waals surface area (Å²) >= 11 is 23.3. The van der Waals surface area contributed by atoms with Crippen LogP contribution < -0.4 is 0 Å². The number of amides is 2. The molecule has 38 heteroatoms. The number of carbonyl (C=O) groups is 3. The molecule has 0 saturated carbocycles. The van der Waals surface area contributed by atoms with Gasteiger partial charge in [-0.1, -0.05) is 52.9 Å². The zero-order chi connectivity index (χ0) is 75.8. The third-order valence-corrected chi connectivity index (χ3v) is 24.6. The van der Waals surface area contributed by atoms with Crippen molar-refractivity contribution in [1.29, 1.82) is 0 Å². The maximum atomic E-state index is 13.8. The molecule has 0 unspecified atom stereocenters. The number of imidazole rings is 2. The lowest BCUT2D eigenvalue weighted by Crippen LogP contribution is -2.45. The van der Waals surface area contributed by atoms with Gasteiger partial charge in [-0.15, -0.1) is 69.1 Å². The van der Waals surface area contributed by atoms with E-state index in [0.717, 1.165) is 113 Å². The van der Waals surface area contributed by atoms with Crippen molar-refractivity contribution in [3.63, 3.8) is 0 Å². The van der Waals surface area contributed by atoms with E-state index in [4.69, 9.17) is 32.0 Å². The first-order valence-electron chi connectivity index (χ1n) is 33.3. The Bertz CT molecular complexity index is 4370. The van der Waals surface area contributed by atoms with Crippen molar-refractivity contribution in [2.24, 2.45) is 0 Å². The highest BCUT2D eigenvalue weighted by molar-refractivity contribution is 9.11. The standard InChI is InChI=1S/2C21H16ClF3N4O3S.2C9H14N2OS.C6H11NO.C3H2BrNS.4CH4.ClH/c2*22-16-15(18(30)28-5-2-20(31,3-6-28)19-26-4-8-33-19)27-17-14(21(23,24)25)9-13(10-29(16)17)12-1-7-32-11-12;2*1-11-5-2-9(12,3-6-11)8-10-4-7-13-8;1-7-4-2-6(8)3-5-7;4-3-5-1-2-6-3;;;;;/h2*1,4,7-11,31H,2-3,5-6H2;2*4,7,12H,2-3,5-6H2,1H3;2-5H2,1H3;1-2H;4*1H4;1H. The molecule has 23 nitrogen and oxygen atoms in total. The van der Waals surface area contributed by atoms with Gasteiger partial charge < -0.3 is 53.8 Å². The molecule has 0 aromatic carbocycles. The zero-order valence-corrected chi connectivity index (χ0v) is 65.6. The largest absolute Gasteiger partial charge is 0.472 e. The number of furan rings is 2. The smallest absolute Gasteiger partial charge is 0.420 e. The monoisotopic (exact) mass is 1760 g/mol. The van der Waals surface area contributed by atoms with Gasteiger partial charge in [-0.3, -0.25) is 23.2 Å². The SMILES string of the molecule is Brc1nccs1.C.C.C.C.CN1CCC(=O)CC1.CN1CCC(O)(c2nccs2)CC1.CN1CCC(O)(c2nccs2)CC1.Cl.O=C(c1nc2c(C(F)(F)F)cc(-c3ccoc3)cn2c1Cl)N1CCC(O)(c2nccs2)CC1.O=C(c1nc2c(C(F)(F)F)cc(-c3ccoc3)cn2c1Cl)N1CCC(O)(c2nccs2)CC1. The van der Waals surface area contributed by atoms with Crippen LogP contribution in [0, 0.1) is 0 Å². The first kappa shape index (κ1) is 93.2. The predicted molar refractivity (Wildman–Crippen MR) is 429 cm³/mol. The van der Waals surface area contributed by atoms with Crippen LogP contribution in [0.2, 0.25) is 10.3 Å². The summed E-state index contributed by atoms with van der Waals surface area (Å²) in [6.07, 6.45) is 12.9. The van der Waals surface area contributed by atoms with Gasteiger partial charge in [-0.2, -0.15) is 26.3 Å². The van der Waals surface area contributed by atoms with Crippen molar-refractivity contribution in [2.75, 3.05) is 86.6 Å². The second kappa shape index (κ2) is 40.1. The Balaban J connectivity index is 0.000000227. The molecule has 0 spiro atoms. The van der Waals surface area contributed by atoms with Crippen LogP contribution in [0.15, 0.2) is 132 Å². The molecule has 11 aromatic rings. The van der Waals surface area contributed by atoms with E-state index < -0.39 is 69.0 Å². The first-order chi connectivity index (χ1) is 50.4. The summed E-state index contributed by atoms with van der Waals surface area (Å²) in [5, 5.41) is 54.0. The van der Waals surface area contributed by atoms with Crippen LogP contribution in [0.25, 0.3) is 33.5 Å². The highest BCUT2D eigenvalue weighted by Gasteiger charge is 2.43. The highest BCUT2D eigenvalue weighted by Crippen LogP contribution is 2.42. The number of rotatable bonds is 8. The molecule has 4 N–H and O–H groups in total. The average Bonchev–Trinajstić information content (AvgIpc) is 1.61. The number of nitrogens with zero attached hydrogens (tertiary/aromatic N) is 14. The predicted octanol–water partition coefficient (Wildman–Crippen LogP) is 17.0. The molecule has 16 rings (SSSR count). The summed E-state index contributed by atoms with van der Waals surface area (Å²) in [5.74, 6) is -0.770. The molecule has 0 aliphatic carbocycles. The molecule has 0 atom stereocenters. The second-order valence-electron chi connectivity index (χ2n) is 26.0.